The number of aromatic nitrogens is 2. The summed E-state index contributed by atoms with van der Waals surface area (Å²) in [5.41, 5.74) is 1.93. The van der Waals surface area contributed by atoms with Crippen molar-refractivity contribution < 1.29 is 4.39 Å². The molecule has 3 aromatic rings. The van der Waals surface area contributed by atoms with E-state index in [1.54, 1.807) is 18.3 Å². The lowest BCUT2D eigenvalue weighted by Crippen LogP contribution is -2.43. The molecule has 0 aliphatic rings. The Kier molecular flexibility index (Phi) is 9.48. The van der Waals surface area contributed by atoms with Crippen LogP contribution in [0.4, 0.5) is 4.39 Å². The van der Waals surface area contributed by atoms with Crippen LogP contribution in [-0.4, -0.2) is 28.6 Å². The van der Waals surface area contributed by atoms with E-state index in [-0.39, 0.29) is 35.2 Å². The molecule has 0 fully saturated rings. The number of benzene rings is 2. The van der Waals surface area contributed by atoms with Gasteiger partial charge in [-0.1, -0.05) is 56.3 Å². The number of guanidine groups is 1. The molecule has 0 atom stereocenters. The molecule has 5 nitrogen and oxygen atoms in total. The van der Waals surface area contributed by atoms with Gasteiger partial charge in [-0.05, 0) is 30.2 Å². The van der Waals surface area contributed by atoms with Gasteiger partial charge in [0.1, 0.15) is 18.2 Å². The van der Waals surface area contributed by atoms with Crippen LogP contribution in [0.3, 0.4) is 0 Å². The van der Waals surface area contributed by atoms with E-state index in [2.05, 4.69) is 46.2 Å². The van der Waals surface area contributed by atoms with Gasteiger partial charge in [0, 0.05) is 37.4 Å². The molecule has 0 saturated carbocycles. The first kappa shape index (κ1) is 24.8. The fraction of sp³-hybridized carbons (Fsp3) is 0.333. The van der Waals surface area contributed by atoms with E-state index in [9.17, 15) is 4.39 Å². The smallest absolute Gasteiger partial charge is 0.191 e. The summed E-state index contributed by atoms with van der Waals surface area (Å²) in [6, 6.07) is 17.1. The number of aliphatic imine (C=N–C) groups is 1. The highest BCUT2D eigenvalue weighted by Crippen LogP contribution is 2.22. The average molecular weight is 535 g/mol. The molecule has 1 aromatic heterocycles. The van der Waals surface area contributed by atoms with Crippen molar-refractivity contribution in [3.63, 3.8) is 0 Å². The van der Waals surface area contributed by atoms with Gasteiger partial charge in [0.05, 0.1) is 0 Å². The van der Waals surface area contributed by atoms with Crippen molar-refractivity contribution in [3.05, 3.63) is 89.8 Å². The number of rotatable bonds is 8. The van der Waals surface area contributed by atoms with Crippen molar-refractivity contribution in [2.45, 2.75) is 39.3 Å². The maximum Gasteiger partial charge on any atom is 0.191 e. The maximum absolute atomic E-state index is 13.6. The lowest BCUT2D eigenvalue weighted by Gasteiger charge is -2.27. The SMILES string of the molecule is CCNC(=NCc1nccn1Cc1ccccc1)NCC(C)(C)c1cccc(F)c1.I. The van der Waals surface area contributed by atoms with E-state index in [1.807, 2.05) is 37.4 Å². The third-order valence-electron chi connectivity index (χ3n) is 5.02. The minimum absolute atomic E-state index is 0. The number of nitrogens with zero attached hydrogens (tertiary/aromatic N) is 3. The summed E-state index contributed by atoms with van der Waals surface area (Å²) in [5, 5.41) is 6.67. The second kappa shape index (κ2) is 11.8. The summed E-state index contributed by atoms with van der Waals surface area (Å²) in [5.74, 6) is 1.41. The highest BCUT2D eigenvalue weighted by molar-refractivity contribution is 14.0. The van der Waals surface area contributed by atoms with Crippen molar-refractivity contribution in [2.24, 2.45) is 4.99 Å². The van der Waals surface area contributed by atoms with E-state index < -0.39 is 0 Å². The standard InChI is InChI=1S/C24H30FN5.HI/c1-4-26-23(29-18-24(2,3)20-11-8-12-21(25)15-20)28-16-22-27-13-14-30(22)17-19-9-6-5-7-10-19;/h5-15H,4,16-18H2,1-3H3,(H2,26,28,29);1H. The predicted octanol–water partition coefficient (Wildman–Crippen LogP) is 4.72. The molecular weight excluding hydrogens is 504 g/mol. The number of hydrogen-bond donors (Lipinski definition) is 2. The van der Waals surface area contributed by atoms with Gasteiger partial charge in [0.25, 0.3) is 0 Å². The first-order valence-electron chi connectivity index (χ1n) is 10.3. The topological polar surface area (TPSA) is 54.2 Å². The maximum atomic E-state index is 13.6. The van der Waals surface area contributed by atoms with Crippen molar-refractivity contribution in [1.82, 2.24) is 20.2 Å². The molecule has 0 radical (unpaired) electrons. The summed E-state index contributed by atoms with van der Waals surface area (Å²) in [6.07, 6.45) is 3.78. The lowest BCUT2D eigenvalue weighted by atomic mass is 9.84. The first-order valence-corrected chi connectivity index (χ1v) is 10.3. The van der Waals surface area contributed by atoms with Gasteiger partial charge < -0.3 is 15.2 Å². The molecule has 1 heterocycles. The quantitative estimate of drug-likeness (QED) is 0.250. The van der Waals surface area contributed by atoms with Crippen LogP contribution in [0.1, 0.15) is 37.7 Å². The Balaban J connectivity index is 0.00000341. The van der Waals surface area contributed by atoms with Crippen LogP contribution < -0.4 is 10.6 Å². The normalized spacial score (nSPS) is 11.7. The van der Waals surface area contributed by atoms with Gasteiger partial charge in [-0.15, -0.1) is 24.0 Å². The Hall–Kier alpha value is -2.42. The summed E-state index contributed by atoms with van der Waals surface area (Å²) >= 11 is 0. The molecule has 0 spiro atoms. The molecule has 31 heavy (non-hydrogen) atoms. The molecule has 2 N–H and O–H groups in total. The van der Waals surface area contributed by atoms with E-state index >= 15 is 0 Å². The largest absolute Gasteiger partial charge is 0.357 e. The van der Waals surface area contributed by atoms with E-state index in [1.165, 1.54) is 11.6 Å². The summed E-state index contributed by atoms with van der Waals surface area (Å²) in [6.45, 7) is 8.82. The minimum Gasteiger partial charge on any atom is -0.357 e. The zero-order valence-corrected chi connectivity index (χ0v) is 20.6. The summed E-state index contributed by atoms with van der Waals surface area (Å²) in [7, 11) is 0. The van der Waals surface area contributed by atoms with Crippen LogP contribution in [0, 0.1) is 5.82 Å². The van der Waals surface area contributed by atoms with Crippen molar-refractivity contribution in [3.8, 4) is 0 Å². The van der Waals surface area contributed by atoms with Crippen LogP contribution in [0.5, 0.6) is 0 Å². The molecule has 0 amide bonds. The third kappa shape index (κ3) is 7.34. The molecule has 2 aromatic carbocycles. The van der Waals surface area contributed by atoms with Crippen LogP contribution >= 0.6 is 24.0 Å². The monoisotopic (exact) mass is 535 g/mol. The Bertz CT molecular complexity index is 969. The van der Waals surface area contributed by atoms with Gasteiger partial charge in [-0.25, -0.2) is 14.4 Å². The molecule has 0 bridgehead atoms. The van der Waals surface area contributed by atoms with Crippen LogP contribution in [0.15, 0.2) is 72.0 Å². The van der Waals surface area contributed by atoms with Crippen LogP contribution in [-0.2, 0) is 18.5 Å². The minimum atomic E-state index is -0.246. The van der Waals surface area contributed by atoms with Crippen molar-refractivity contribution >= 4 is 29.9 Å². The molecule has 0 saturated heterocycles. The van der Waals surface area contributed by atoms with Gasteiger partial charge in [0.15, 0.2) is 5.96 Å². The molecule has 0 aliphatic carbocycles. The summed E-state index contributed by atoms with van der Waals surface area (Å²) in [4.78, 5) is 9.18. The van der Waals surface area contributed by atoms with Gasteiger partial charge >= 0.3 is 0 Å². The van der Waals surface area contributed by atoms with E-state index in [4.69, 9.17) is 4.99 Å². The molecule has 7 heteroatoms. The van der Waals surface area contributed by atoms with Crippen molar-refractivity contribution in [1.29, 1.82) is 0 Å². The second-order valence-corrected chi connectivity index (χ2v) is 7.90. The van der Waals surface area contributed by atoms with Gasteiger partial charge in [0.2, 0.25) is 0 Å². The zero-order valence-electron chi connectivity index (χ0n) is 18.3. The second-order valence-electron chi connectivity index (χ2n) is 7.90. The first-order chi connectivity index (χ1) is 14.5. The molecular formula is C24H31FIN5. The third-order valence-corrected chi connectivity index (χ3v) is 5.02. The Morgan fingerprint density at radius 3 is 2.58 bits per heavy atom. The van der Waals surface area contributed by atoms with E-state index in [0.717, 1.165) is 30.4 Å². The zero-order chi connectivity index (χ0) is 21.4. The summed E-state index contributed by atoms with van der Waals surface area (Å²) < 4.78 is 15.7. The number of imidazole rings is 1. The average Bonchev–Trinajstić information content (AvgIpc) is 3.18. The van der Waals surface area contributed by atoms with Crippen LogP contribution in [0.25, 0.3) is 0 Å². The van der Waals surface area contributed by atoms with Crippen molar-refractivity contribution in [2.75, 3.05) is 13.1 Å². The fourth-order valence-electron chi connectivity index (χ4n) is 3.22. The van der Waals surface area contributed by atoms with Gasteiger partial charge in [-0.3, -0.25) is 0 Å². The highest BCUT2D eigenvalue weighted by Gasteiger charge is 2.21. The highest BCUT2D eigenvalue weighted by atomic mass is 127. The molecule has 166 valence electrons. The number of nitrogens with one attached hydrogen (secondary N) is 2. The molecule has 0 unspecified atom stereocenters. The molecule has 0 aliphatic heterocycles. The Morgan fingerprint density at radius 2 is 1.87 bits per heavy atom. The van der Waals surface area contributed by atoms with E-state index in [0.29, 0.717) is 13.1 Å². The van der Waals surface area contributed by atoms with Gasteiger partial charge in [-0.2, -0.15) is 0 Å². The fourth-order valence-corrected chi connectivity index (χ4v) is 3.22. The Labute approximate surface area is 201 Å². The molecule has 3 rings (SSSR count). The predicted molar refractivity (Wildman–Crippen MR) is 135 cm³/mol. The lowest BCUT2D eigenvalue weighted by molar-refractivity contribution is 0.503. The Morgan fingerprint density at radius 1 is 1.10 bits per heavy atom. The van der Waals surface area contributed by atoms with Crippen LogP contribution in [0.2, 0.25) is 0 Å². The number of hydrogen-bond acceptors (Lipinski definition) is 2. The number of halogens is 2.